The SMILES string of the molecule is C[C@@H]1CN(CCN)CCN1C(=O)OCc1ccccc1. The Morgan fingerprint density at radius 2 is 2.10 bits per heavy atom. The van der Waals surface area contributed by atoms with E-state index in [1.54, 1.807) is 4.90 Å². The molecule has 0 aliphatic carbocycles. The summed E-state index contributed by atoms with van der Waals surface area (Å²) in [7, 11) is 0. The first-order valence-electron chi connectivity index (χ1n) is 7.10. The van der Waals surface area contributed by atoms with E-state index in [1.807, 2.05) is 37.3 Å². The Morgan fingerprint density at radius 3 is 2.75 bits per heavy atom. The van der Waals surface area contributed by atoms with E-state index in [4.69, 9.17) is 10.5 Å². The Morgan fingerprint density at radius 1 is 1.35 bits per heavy atom. The second-order valence-electron chi connectivity index (χ2n) is 5.17. The molecule has 1 aliphatic heterocycles. The van der Waals surface area contributed by atoms with Crippen LogP contribution in [0.2, 0.25) is 0 Å². The Labute approximate surface area is 120 Å². The van der Waals surface area contributed by atoms with Gasteiger partial charge >= 0.3 is 6.09 Å². The quantitative estimate of drug-likeness (QED) is 0.901. The Kier molecular flexibility index (Phi) is 5.38. The lowest BCUT2D eigenvalue weighted by atomic mass is 10.2. The van der Waals surface area contributed by atoms with Gasteiger partial charge in [-0.25, -0.2) is 4.79 Å². The maximum atomic E-state index is 12.1. The zero-order chi connectivity index (χ0) is 14.4. The lowest BCUT2D eigenvalue weighted by Gasteiger charge is -2.38. The van der Waals surface area contributed by atoms with E-state index in [-0.39, 0.29) is 12.1 Å². The predicted octanol–water partition coefficient (Wildman–Crippen LogP) is 1.29. The van der Waals surface area contributed by atoms with Gasteiger partial charge in [0.25, 0.3) is 0 Å². The standard InChI is InChI=1S/C15H23N3O2/c1-13-11-17(8-7-16)9-10-18(13)15(19)20-12-14-5-3-2-4-6-14/h2-6,13H,7-12,16H2,1H3/t13-/m1/s1. The number of ether oxygens (including phenoxy) is 1. The molecule has 0 saturated carbocycles. The molecule has 5 nitrogen and oxygen atoms in total. The summed E-state index contributed by atoms with van der Waals surface area (Å²) in [5.41, 5.74) is 6.57. The first kappa shape index (κ1) is 14.8. The number of amides is 1. The van der Waals surface area contributed by atoms with E-state index < -0.39 is 0 Å². The fourth-order valence-electron chi connectivity index (χ4n) is 2.49. The lowest BCUT2D eigenvalue weighted by Crippen LogP contribution is -2.54. The zero-order valence-corrected chi connectivity index (χ0v) is 12.0. The molecule has 20 heavy (non-hydrogen) atoms. The molecule has 0 unspecified atom stereocenters. The average Bonchev–Trinajstić information content (AvgIpc) is 2.46. The van der Waals surface area contributed by atoms with E-state index in [0.29, 0.717) is 19.7 Å². The number of carbonyl (C=O) groups is 1. The van der Waals surface area contributed by atoms with Crippen LogP contribution in [0.15, 0.2) is 30.3 Å². The monoisotopic (exact) mass is 277 g/mol. The fraction of sp³-hybridized carbons (Fsp3) is 0.533. The van der Waals surface area contributed by atoms with E-state index in [0.717, 1.165) is 25.2 Å². The third-order valence-electron chi connectivity index (χ3n) is 3.60. The molecule has 0 bridgehead atoms. The van der Waals surface area contributed by atoms with Crippen LogP contribution in [0.1, 0.15) is 12.5 Å². The van der Waals surface area contributed by atoms with Gasteiger partial charge in [0, 0.05) is 38.8 Å². The van der Waals surface area contributed by atoms with Crippen LogP contribution >= 0.6 is 0 Å². The van der Waals surface area contributed by atoms with Crippen LogP contribution in [0, 0.1) is 0 Å². The number of hydrogen-bond acceptors (Lipinski definition) is 4. The summed E-state index contributed by atoms with van der Waals surface area (Å²) in [6.07, 6.45) is -0.228. The van der Waals surface area contributed by atoms with Crippen LogP contribution in [0.5, 0.6) is 0 Å². The van der Waals surface area contributed by atoms with Gasteiger partial charge in [-0.3, -0.25) is 4.90 Å². The third kappa shape index (κ3) is 3.95. The molecular weight excluding hydrogens is 254 g/mol. The second-order valence-corrected chi connectivity index (χ2v) is 5.17. The van der Waals surface area contributed by atoms with Crippen molar-refractivity contribution in [3.8, 4) is 0 Å². The Hall–Kier alpha value is -1.59. The van der Waals surface area contributed by atoms with Crippen LogP contribution < -0.4 is 5.73 Å². The van der Waals surface area contributed by atoms with Gasteiger partial charge in [-0.1, -0.05) is 30.3 Å². The zero-order valence-electron chi connectivity index (χ0n) is 12.0. The molecule has 0 aromatic heterocycles. The number of hydrogen-bond donors (Lipinski definition) is 1. The van der Waals surface area contributed by atoms with Gasteiger partial charge in [-0.05, 0) is 12.5 Å². The topological polar surface area (TPSA) is 58.8 Å². The van der Waals surface area contributed by atoms with Crippen LogP contribution in [0.3, 0.4) is 0 Å². The highest BCUT2D eigenvalue weighted by Gasteiger charge is 2.27. The van der Waals surface area contributed by atoms with Crippen molar-refractivity contribution in [2.45, 2.75) is 19.6 Å². The predicted molar refractivity (Wildman–Crippen MR) is 78.3 cm³/mol. The van der Waals surface area contributed by atoms with Crippen LogP contribution in [0.25, 0.3) is 0 Å². The van der Waals surface area contributed by atoms with Crippen molar-refractivity contribution >= 4 is 6.09 Å². The Balaban J connectivity index is 1.81. The van der Waals surface area contributed by atoms with Gasteiger partial charge in [0.15, 0.2) is 0 Å². The van der Waals surface area contributed by atoms with Crippen molar-refractivity contribution in [3.63, 3.8) is 0 Å². The molecular formula is C15H23N3O2. The van der Waals surface area contributed by atoms with Gasteiger partial charge < -0.3 is 15.4 Å². The maximum absolute atomic E-state index is 12.1. The van der Waals surface area contributed by atoms with E-state index in [9.17, 15) is 4.79 Å². The molecule has 0 radical (unpaired) electrons. The first-order chi connectivity index (χ1) is 9.70. The number of piperazine rings is 1. The lowest BCUT2D eigenvalue weighted by molar-refractivity contribution is 0.0488. The van der Waals surface area contributed by atoms with Gasteiger partial charge in [-0.15, -0.1) is 0 Å². The molecule has 1 heterocycles. The highest BCUT2D eigenvalue weighted by molar-refractivity contribution is 5.68. The highest BCUT2D eigenvalue weighted by Crippen LogP contribution is 2.12. The molecule has 1 aliphatic rings. The van der Waals surface area contributed by atoms with Gasteiger partial charge in [0.05, 0.1) is 0 Å². The van der Waals surface area contributed by atoms with E-state index in [2.05, 4.69) is 4.90 Å². The molecule has 0 spiro atoms. The summed E-state index contributed by atoms with van der Waals surface area (Å²) in [5.74, 6) is 0. The van der Waals surface area contributed by atoms with Gasteiger partial charge in [0.2, 0.25) is 0 Å². The minimum atomic E-state index is -0.228. The molecule has 1 aromatic rings. The highest BCUT2D eigenvalue weighted by atomic mass is 16.6. The first-order valence-corrected chi connectivity index (χ1v) is 7.10. The smallest absolute Gasteiger partial charge is 0.410 e. The molecule has 1 amide bonds. The molecule has 1 atom stereocenters. The molecule has 2 N–H and O–H groups in total. The molecule has 5 heteroatoms. The second kappa shape index (κ2) is 7.26. The summed E-state index contributed by atoms with van der Waals surface area (Å²) < 4.78 is 5.38. The van der Waals surface area contributed by atoms with Gasteiger partial charge in [0.1, 0.15) is 6.61 Å². The number of benzene rings is 1. The molecule has 1 saturated heterocycles. The molecule has 110 valence electrons. The van der Waals surface area contributed by atoms with Crippen molar-refractivity contribution in [3.05, 3.63) is 35.9 Å². The van der Waals surface area contributed by atoms with Gasteiger partial charge in [-0.2, -0.15) is 0 Å². The third-order valence-corrected chi connectivity index (χ3v) is 3.60. The summed E-state index contributed by atoms with van der Waals surface area (Å²) in [6, 6.07) is 9.91. The summed E-state index contributed by atoms with van der Waals surface area (Å²) in [5, 5.41) is 0. The number of nitrogens with zero attached hydrogens (tertiary/aromatic N) is 2. The van der Waals surface area contributed by atoms with Crippen LogP contribution in [0.4, 0.5) is 4.79 Å². The van der Waals surface area contributed by atoms with Crippen molar-refractivity contribution in [2.75, 3.05) is 32.7 Å². The fourth-order valence-corrected chi connectivity index (χ4v) is 2.49. The summed E-state index contributed by atoms with van der Waals surface area (Å²) >= 11 is 0. The van der Waals surface area contributed by atoms with Crippen molar-refractivity contribution in [1.82, 2.24) is 9.80 Å². The van der Waals surface area contributed by atoms with E-state index >= 15 is 0 Å². The van der Waals surface area contributed by atoms with Crippen molar-refractivity contribution in [1.29, 1.82) is 0 Å². The van der Waals surface area contributed by atoms with Crippen molar-refractivity contribution in [2.24, 2.45) is 5.73 Å². The van der Waals surface area contributed by atoms with E-state index in [1.165, 1.54) is 0 Å². The number of carbonyl (C=O) groups excluding carboxylic acids is 1. The summed E-state index contributed by atoms with van der Waals surface area (Å²) in [6.45, 7) is 6.35. The molecule has 2 rings (SSSR count). The molecule has 1 aromatic carbocycles. The largest absolute Gasteiger partial charge is 0.445 e. The minimum Gasteiger partial charge on any atom is -0.445 e. The van der Waals surface area contributed by atoms with Crippen molar-refractivity contribution < 1.29 is 9.53 Å². The van der Waals surface area contributed by atoms with Crippen LogP contribution in [-0.4, -0.2) is 54.7 Å². The number of rotatable bonds is 4. The normalized spacial score (nSPS) is 19.9. The Bertz CT molecular complexity index is 424. The summed E-state index contributed by atoms with van der Waals surface area (Å²) in [4.78, 5) is 16.2. The van der Waals surface area contributed by atoms with Crippen LogP contribution in [-0.2, 0) is 11.3 Å². The molecule has 1 fully saturated rings. The maximum Gasteiger partial charge on any atom is 0.410 e. The average molecular weight is 277 g/mol. The number of nitrogens with two attached hydrogens (primary N) is 1. The minimum absolute atomic E-state index is 0.165.